The van der Waals surface area contributed by atoms with Gasteiger partial charge in [-0.2, -0.15) is 0 Å². The van der Waals surface area contributed by atoms with Crippen molar-refractivity contribution >= 4 is 17.2 Å². The fourth-order valence-electron chi connectivity index (χ4n) is 3.93. The Hall–Kier alpha value is -2.34. The van der Waals surface area contributed by atoms with Crippen LogP contribution in [0.2, 0.25) is 0 Å². The molecule has 0 fully saturated rings. The SMILES string of the molecule is Cc1ccccc1C1=CCC(c2ccc3c(c2)C=CC3C(C)C)=C1. The van der Waals surface area contributed by atoms with Crippen LogP contribution in [0.4, 0.5) is 0 Å². The molecule has 0 bridgehead atoms. The minimum Gasteiger partial charge on any atom is -0.0761 e. The van der Waals surface area contributed by atoms with E-state index in [-0.39, 0.29) is 0 Å². The van der Waals surface area contributed by atoms with E-state index in [0.717, 1.165) is 6.42 Å². The molecule has 120 valence electrons. The molecule has 2 aromatic rings. The molecule has 0 spiro atoms. The number of rotatable bonds is 3. The van der Waals surface area contributed by atoms with Crippen LogP contribution in [0.1, 0.15) is 54.0 Å². The first-order valence-electron chi connectivity index (χ1n) is 8.93. The van der Waals surface area contributed by atoms with Crippen molar-refractivity contribution in [3.63, 3.8) is 0 Å². The fraction of sp³-hybridized carbons (Fsp3) is 0.250. The van der Waals surface area contributed by atoms with E-state index in [1.165, 1.54) is 39.0 Å². The predicted octanol–water partition coefficient (Wildman–Crippen LogP) is 6.63. The van der Waals surface area contributed by atoms with Gasteiger partial charge in [0.25, 0.3) is 0 Å². The number of hydrogen-bond acceptors (Lipinski definition) is 0. The monoisotopic (exact) mass is 312 g/mol. The number of allylic oxidation sites excluding steroid dienone is 5. The van der Waals surface area contributed by atoms with Gasteiger partial charge in [-0.25, -0.2) is 0 Å². The van der Waals surface area contributed by atoms with Crippen molar-refractivity contribution in [2.24, 2.45) is 5.92 Å². The molecule has 0 heterocycles. The van der Waals surface area contributed by atoms with Gasteiger partial charge in [0.05, 0.1) is 0 Å². The normalized spacial score (nSPS) is 18.8. The van der Waals surface area contributed by atoms with Crippen molar-refractivity contribution in [3.05, 3.63) is 88.5 Å². The highest BCUT2D eigenvalue weighted by molar-refractivity contribution is 5.90. The Kier molecular flexibility index (Phi) is 3.76. The molecule has 0 nitrogen and oxygen atoms in total. The first-order chi connectivity index (χ1) is 11.6. The van der Waals surface area contributed by atoms with E-state index < -0.39 is 0 Å². The Balaban J connectivity index is 1.64. The summed E-state index contributed by atoms with van der Waals surface area (Å²) in [6.07, 6.45) is 10.4. The summed E-state index contributed by atoms with van der Waals surface area (Å²) in [4.78, 5) is 0. The van der Waals surface area contributed by atoms with Crippen LogP contribution in [-0.4, -0.2) is 0 Å². The molecular formula is C24H24. The summed E-state index contributed by atoms with van der Waals surface area (Å²) in [6.45, 7) is 6.79. The Morgan fingerprint density at radius 3 is 2.67 bits per heavy atom. The van der Waals surface area contributed by atoms with E-state index in [1.54, 1.807) is 0 Å². The fourth-order valence-corrected chi connectivity index (χ4v) is 3.93. The first kappa shape index (κ1) is 15.2. The van der Waals surface area contributed by atoms with Crippen molar-refractivity contribution in [2.75, 3.05) is 0 Å². The largest absolute Gasteiger partial charge is 0.0761 e. The zero-order valence-corrected chi connectivity index (χ0v) is 14.7. The molecule has 1 unspecified atom stereocenters. The molecular weight excluding hydrogens is 288 g/mol. The van der Waals surface area contributed by atoms with Crippen molar-refractivity contribution in [1.82, 2.24) is 0 Å². The van der Waals surface area contributed by atoms with Crippen LogP contribution in [0, 0.1) is 12.8 Å². The van der Waals surface area contributed by atoms with Gasteiger partial charge >= 0.3 is 0 Å². The maximum absolute atomic E-state index is 2.37. The lowest BCUT2D eigenvalue weighted by Crippen LogP contribution is -2.01. The van der Waals surface area contributed by atoms with Crippen LogP contribution in [0.5, 0.6) is 0 Å². The Labute approximate surface area is 145 Å². The molecule has 4 rings (SSSR count). The summed E-state index contributed by atoms with van der Waals surface area (Å²) in [7, 11) is 0. The molecule has 0 heteroatoms. The van der Waals surface area contributed by atoms with Crippen LogP contribution in [0.25, 0.3) is 17.2 Å². The molecule has 2 aromatic carbocycles. The highest BCUT2D eigenvalue weighted by atomic mass is 14.3. The highest BCUT2D eigenvalue weighted by Crippen LogP contribution is 2.39. The van der Waals surface area contributed by atoms with Gasteiger partial charge in [0, 0.05) is 5.92 Å². The molecule has 0 aliphatic heterocycles. The second kappa shape index (κ2) is 5.94. The maximum atomic E-state index is 2.37. The van der Waals surface area contributed by atoms with Crippen LogP contribution in [0.3, 0.4) is 0 Å². The van der Waals surface area contributed by atoms with Crippen molar-refractivity contribution < 1.29 is 0 Å². The molecule has 2 aliphatic carbocycles. The highest BCUT2D eigenvalue weighted by Gasteiger charge is 2.21. The van der Waals surface area contributed by atoms with E-state index in [2.05, 4.69) is 87.5 Å². The van der Waals surface area contributed by atoms with E-state index in [4.69, 9.17) is 0 Å². The van der Waals surface area contributed by atoms with Crippen LogP contribution in [0.15, 0.2) is 60.7 Å². The van der Waals surface area contributed by atoms with E-state index in [0.29, 0.717) is 11.8 Å². The van der Waals surface area contributed by atoms with Crippen LogP contribution < -0.4 is 0 Å². The van der Waals surface area contributed by atoms with Gasteiger partial charge in [0.1, 0.15) is 0 Å². The third-order valence-corrected chi connectivity index (χ3v) is 5.35. The Morgan fingerprint density at radius 1 is 1.04 bits per heavy atom. The second-order valence-electron chi connectivity index (χ2n) is 7.32. The number of hydrogen-bond donors (Lipinski definition) is 0. The smallest absolute Gasteiger partial charge is 0.00502 e. The minimum absolute atomic E-state index is 0.576. The zero-order valence-electron chi connectivity index (χ0n) is 14.7. The second-order valence-corrected chi connectivity index (χ2v) is 7.32. The van der Waals surface area contributed by atoms with Crippen molar-refractivity contribution in [2.45, 2.75) is 33.1 Å². The predicted molar refractivity (Wildman–Crippen MR) is 105 cm³/mol. The lowest BCUT2D eigenvalue weighted by Gasteiger charge is -2.15. The molecule has 0 aromatic heterocycles. The van der Waals surface area contributed by atoms with Gasteiger partial charge in [0.2, 0.25) is 0 Å². The van der Waals surface area contributed by atoms with Gasteiger partial charge in [-0.15, -0.1) is 0 Å². The third kappa shape index (κ3) is 2.57. The minimum atomic E-state index is 0.576. The zero-order chi connectivity index (χ0) is 16.7. The first-order valence-corrected chi connectivity index (χ1v) is 8.93. The van der Waals surface area contributed by atoms with Crippen LogP contribution >= 0.6 is 0 Å². The quantitative estimate of drug-likeness (QED) is 0.596. The number of fused-ring (bicyclic) bond motifs is 1. The topological polar surface area (TPSA) is 0 Å². The van der Waals surface area contributed by atoms with Gasteiger partial charge in [-0.05, 0) is 64.3 Å². The number of benzene rings is 2. The average Bonchev–Trinajstić information content (AvgIpc) is 3.21. The van der Waals surface area contributed by atoms with E-state index in [1.807, 2.05) is 0 Å². The summed E-state index contributed by atoms with van der Waals surface area (Å²) >= 11 is 0. The summed E-state index contributed by atoms with van der Waals surface area (Å²) in [6, 6.07) is 15.7. The van der Waals surface area contributed by atoms with Gasteiger partial charge in [-0.3, -0.25) is 0 Å². The summed E-state index contributed by atoms with van der Waals surface area (Å²) in [5, 5.41) is 0. The molecule has 0 amide bonds. The third-order valence-electron chi connectivity index (χ3n) is 5.35. The Bertz CT molecular complexity index is 875. The molecule has 1 atom stereocenters. The molecule has 0 radical (unpaired) electrons. The average molecular weight is 312 g/mol. The van der Waals surface area contributed by atoms with Gasteiger partial charge in [-0.1, -0.05) is 74.5 Å². The molecule has 2 aliphatic rings. The van der Waals surface area contributed by atoms with Gasteiger partial charge < -0.3 is 0 Å². The van der Waals surface area contributed by atoms with E-state index >= 15 is 0 Å². The van der Waals surface area contributed by atoms with Gasteiger partial charge in [0.15, 0.2) is 0 Å². The van der Waals surface area contributed by atoms with Crippen molar-refractivity contribution in [1.29, 1.82) is 0 Å². The summed E-state index contributed by atoms with van der Waals surface area (Å²) in [5.41, 5.74) is 9.74. The molecule has 0 N–H and O–H groups in total. The lowest BCUT2D eigenvalue weighted by molar-refractivity contribution is 0.584. The standard InChI is InChI=1S/C24H24/c1-16(2)22-12-11-21-15-19(10-13-24(21)22)18-8-9-20(14-18)23-7-5-4-6-17(23)3/h4-7,9-16,22H,8H2,1-3H3. The Morgan fingerprint density at radius 2 is 1.88 bits per heavy atom. The van der Waals surface area contributed by atoms with E-state index in [9.17, 15) is 0 Å². The molecule has 0 saturated carbocycles. The number of aryl methyl sites for hydroxylation is 1. The lowest BCUT2D eigenvalue weighted by atomic mass is 9.89. The summed E-state index contributed by atoms with van der Waals surface area (Å²) < 4.78 is 0. The molecule has 0 saturated heterocycles. The maximum Gasteiger partial charge on any atom is 0.00502 e. The van der Waals surface area contributed by atoms with Crippen molar-refractivity contribution in [3.8, 4) is 0 Å². The molecule has 24 heavy (non-hydrogen) atoms. The summed E-state index contributed by atoms with van der Waals surface area (Å²) in [5.74, 6) is 1.24. The van der Waals surface area contributed by atoms with Crippen LogP contribution in [-0.2, 0) is 0 Å².